The smallest absolute Gasteiger partial charge is 0.234 e. The molecular weight excluding hydrogens is 292 g/mol. The Bertz CT molecular complexity index is 353. The average molecular weight is 326 g/mol. The van der Waals surface area contributed by atoms with Crippen LogP contribution in [0, 0.1) is 0 Å². The highest BCUT2D eigenvalue weighted by molar-refractivity contribution is 5.77. The molecule has 2 saturated heterocycles. The minimum Gasteiger partial charge on any atom is -0.395 e. The highest BCUT2D eigenvalue weighted by atomic mass is 16.3. The van der Waals surface area contributed by atoms with Crippen LogP contribution in [0.25, 0.3) is 0 Å². The van der Waals surface area contributed by atoms with Gasteiger partial charge in [-0.15, -0.1) is 0 Å². The second kappa shape index (κ2) is 10.2. The Kier molecular flexibility index (Phi) is 8.30. The summed E-state index contributed by atoms with van der Waals surface area (Å²) >= 11 is 0. The van der Waals surface area contributed by atoms with Crippen molar-refractivity contribution < 1.29 is 9.90 Å². The van der Waals surface area contributed by atoms with E-state index in [9.17, 15) is 9.90 Å². The van der Waals surface area contributed by atoms with Gasteiger partial charge in [0.1, 0.15) is 0 Å². The van der Waals surface area contributed by atoms with E-state index < -0.39 is 0 Å². The van der Waals surface area contributed by atoms with Crippen LogP contribution in [0.4, 0.5) is 0 Å². The molecule has 0 bridgehead atoms. The molecule has 0 aromatic carbocycles. The van der Waals surface area contributed by atoms with Crippen LogP contribution < -0.4 is 5.32 Å². The molecule has 2 heterocycles. The molecule has 0 unspecified atom stereocenters. The first-order valence-corrected chi connectivity index (χ1v) is 9.21. The van der Waals surface area contributed by atoms with Crippen LogP contribution in [0.2, 0.25) is 0 Å². The Morgan fingerprint density at radius 3 is 2.83 bits per heavy atom. The van der Waals surface area contributed by atoms with E-state index in [4.69, 9.17) is 0 Å². The van der Waals surface area contributed by atoms with E-state index in [0.29, 0.717) is 12.6 Å². The molecule has 23 heavy (non-hydrogen) atoms. The SMILES string of the molecule is CN1CCCN(CC(=O)NCCCN2CCCC[C@@H]2CO)CC1. The zero-order chi connectivity index (χ0) is 16.5. The van der Waals surface area contributed by atoms with E-state index in [2.05, 4.69) is 27.1 Å². The minimum absolute atomic E-state index is 0.145. The summed E-state index contributed by atoms with van der Waals surface area (Å²) in [5, 5.41) is 12.5. The molecule has 0 radical (unpaired) electrons. The summed E-state index contributed by atoms with van der Waals surface area (Å²) in [6, 6.07) is 0.327. The standard InChI is InChI=1S/C17H34N4O2/c1-19-8-5-9-20(13-12-19)14-17(23)18-7-4-11-21-10-3-2-6-16(21)15-22/h16,22H,2-15H2,1H3,(H,18,23)/t16-/m1/s1. The zero-order valence-electron chi connectivity index (χ0n) is 14.7. The van der Waals surface area contributed by atoms with Crippen LogP contribution in [0.3, 0.4) is 0 Å². The second-order valence-corrected chi connectivity index (χ2v) is 7.00. The third-order valence-electron chi connectivity index (χ3n) is 5.08. The van der Waals surface area contributed by atoms with Gasteiger partial charge >= 0.3 is 0 Å². The van der Waals surface area contributed by atoms with Crippen molar-refractivity contribution in [2.24, 2.45) is 0 Å². The molecule has 0 saturated carbocycles. The normalized spacial score (nSPS) is 25.2. The highest BCUT2D eigenvalue weighted by Crippen LogP contribution is 2.16. The van der Waals surface area contributed by atoms with Crippen LogP contribution in [0.5, 0.6) is 0 Å². The number of nitrogens with zero attached hydrogens (tertiary/aromatic N) is 3. The topological polar surface area (TPSA) is 59.0 Å². The number of rotatable bonds is 7. The van der Waals surface area contributed by atoms with Crippen molar-refractivity contribution in [3.8, 4) is 0 Å². The van der Waals surface area contributed by atoms with Gasteiger partial charge in [-0.3, -0.25) is 14.6 Å². The lowest BCUT2D eigenvalue weighted by Gasteiger charge is -2.34. The number of amides is 1. The quantitative estimate of drug-likeness (QED) is 0.644. The molecule has 2 fully saturated rings. The van der Waals surface area contributed by atoms with Crippen molar-refractivity contribution >= 4 is 5.91 Å². The molecule has 1 amide bonds. The predicted octanol–water partition coefficient (Wildman–Crippen LogP) is -0.0230. The maximum atomic E-state index is 12.1. The molecule has 0 aromatic heterocycles. The molecule has 0 spiro atoms. The maximum absolute atomic E-state index is 12.1. The number of carbonyl (C=O) groups is 1. The van der Waals surface area contributed by atoms with Crippen molar-refractivity contribution in [1.82, 2.24) is 20.0 Å². The van der Waals surface area contributed by atoms with Crippen molar-refractivity contribution in [2.45, 2.75) is 38.1 Å². The fourth-order valence-corrected chi connectivity index (χ4v) is 3.59. The Balaban J connectivity index is 1.57. The van der Waals surface area contributed by atoms with Gasteiger partial charge in [-0.25, -0.2) is 0 Å². The second-order valence-electron chi connectivity index (χ2n) is 7.00. The van der Waals surface area contributed by atoms with Crippen molar-refractivity contribution in [3.63, 3.8) is 0 Å². The summed E-state index contributed by atoms with van der Waals surface area (Å²) in [5.74, 6) is 0.145. The van der Waals surface area contributed by atoms with Crippen LogP contribution in [-0.4, -0.2) is 97.8 Å². The molecule has 1 atom stereocenters. The number of likely N-dealkylation sites (tertiary alicyclic amines) is 1. The lowest BCUT2D eigenvalue weighted by molar-refractivity contribution is -0.122. The number of carbonyl (C=O) groups excluding carboxylic acids is 1. The van der Waals surface area contributed by atoms with Gasteiger partial charge in [-0.2, -0.15) is 0 Å². The molecule has 134 valence electrons. The first kappa shape index (κ1) is 18.6. The molecule has 2 aliphatic rings. The van der Waals surface area contributed by atoms with Gasteiger partial charge < -0.3 is 15.3 Å². The van der Waals surface area contributed by atoms with Crippen LogP contribution in [-0.2, 0) is 4.79 Å². The van der Waals surface area contributed by atoms with E-state index >= 15 is 0 Å². The molecule has 6 nitrogen and oxygen atoms in total. The van der Waals surface area contributed by atoms with Crippen LogP contribution in [0.15, 0.2) is 0 Å². The van der Waals surface area contributed by atoms with E-state index in [1.165, 1.54) is 12.8 Å². The van der Waals surface area contributed by atoms with E-state index in [1.807, 2.05) is 0 Å². The number of aliphatic hydroxyl groups is 1. The molecule has 0 aromatic rings. The first-order valence-electron chi connectivity index (χ1n) is 9.21. The third kappa shape index (κ3) is 6.75. The van der Waals surface area contributed by atoms with Gasteiger partial charge in [0.2, 0.25) is 5.91 Å². The van der Waals surface area contributed by atoms with Crippen LogP contribution in [0.1, 0.15) is 32.1 Å². The Morgan fingerprint density at radius 1 is 1.13 bits per heavy atom. The number of nitrogens with one attached hydrogen (secondary N) is 1. The van der Waals surface area contributed by atoms with Crippen molar-refractivity contribution in [1.29, 1.82) is 0 Å². The Labute approximate surface area is 140 Å². The fourth-order valence-electron chi connectivity index (χ4n) is 3.59. The van der Waals surface area contributed by atoms with E-state index in [-0.39, 0.29) is 12.5 Å². The number of aliphatic hydroxyl groups excluding tert-OH is 1. The van der Waals surface area contributed by atoms with Crippen LogP contribution >= 0.6 is 0 Å². The molecular formula is C17H34N4O2. The largest absolute Gasteiger partial charge is 0.395 e. The summed E-state index contributed by atoms with van der Waals surface area (Å²) in [6.45, 7) is 7.75. The third-order valence-corrected chi connectivity index (χ3v) is 5.08. The monoisotopic (exact) mass is 326 g/mol. The average Bonchev–Trinajstić information content (AvgIpc) is 2.76. The Morgan fingerprint density at radius 2 is 2.00 bits per heavy atom. The van der Waals surface area contributed by atoms with Crippen molar-refractivity contribution in [2.75, 3.05) is 66.0 Å². The van der Waals surface area contributed by atoms with Crippen molar-refractivity contribution in [3.05, 3.63) is 0 Å². The number of hydrogen-bond acceptors (Lipinski definition) is 5. The summed E-state index contributed by atoms with van der Waals surface area (Å²) < 4.78 is 0. The minimum atomic E-state index is 0.145. The predicted molar refractivity (Wildman–Crippen MR) is 92.5 cm³/mol. The highest BCUT2D eigenvalue weighted by Gasteiger charge is 2.21. The van der Waals surface area contributed by atoms with Gasteiger partial charge in [-0.1, -0.05) is 6.42 Å². The van der Waals surface area contributed by atoms with Gasteiger partial charge in [0.05, 0.1) is 13.2 Å². The van der Waals surface area contributed by atoms with E-state index in [0.717, 1.165) is 65.1 Å². The first-order chi connectivity index (χ1) is 11.2. The fraction of sp³-hybridized carbons (Fsp3) is 0.941. The zero-order valence-corrected chi connectivity index (χ0v) is 14.7. The summed E-state index contributed by atoms with van der Waals surface area (Å²) in [6.07, 6.45) is 5.66. The van der Waals surface area contributed by atoms with E-state index in [1.54, 1.807) is 0 Å². The molecule has 2 N–H and O–H groups in total. The summed E-state index contributed by atoms with van der Waals surface area (Å²) in [4.78, 5) is 19.0. The lowest BCUT2D eigenvalue weighted by atomic mass is 10.0. The lowest BCUT2D eigenvalue weighted by Crippen LogP contribution is -2.43. The Hall–Kier alpha value is -0.690. The number of likely N-dealkylation sites (N-methyl/N-ethyl adjacent to an activating group) is 1. The summed E-state index contributed by atoms with van der Waals surface area (Å²) in [7, 11) is 2.14. The number of piperidine rings is 1. The van der Waals surface area contributed by atoms with Gasteiger partial charge in [0, 0.05) is 32.2 Å². The number of hydrogen-bond donors (Lipinski definition) is 2. The molecule has 2 aliphatic heterocycles. The van der Waals surface area contributed by atoms with Gasteiger partial charge in [0.25, 0.3) is 0 Å². The molecule has 0 aliphatic carbocycles. The maximum Gasteiger partial charge on any atom is 0.234 e. The van der Waals surface area contributed by atoms with Gasteiger partial charge in [-0.05, 0) is 52.4 Å². The van der Waals surface area contributed by atoms with Gasteiger partial charge in [0.15, 0.2) is 0 Å². The summed E-state index contributed by atoms with van der Waals surface area (Å²) in [5.41, 5.74) is 0. The molecule has 6 heteroatoms. The molecule has 2 rings (SSSR count).